The van der Waals surface area contributed by atoms with Crippen molar-refractivity contribution < 1.29 is 55.3 Å². The van der Waals surface area contributed by atoms with Crippen LogP contribution in [0.4, 0.5) is 22.0 Å². The lowest BCUT2D eigenvalue weighted by Gasteiger charge is -2.35. The van der Waals surface area contributed by atoms with Gasteiger partial charge in [-0.05, 0) is 54.8 Å². The van der Waals surface area contributed by atoms with Crippen LogP contribution >= 0.6 is 0 Å². The van der Waals surface area contributed by atoms with Gasteiger partial charge in [0, 0.05) is 13.8 Å². The molecule has 12 heteroatoms. The molecule has 4 fully saturated rings. The van der Waals surface area contributed by atoms with Crippen LogP contribution in [0.25, 0.3) is 0 Å². The molecule has 3 saturated carbocycles. The number of carbonyl (C=O) groups excluding carboxylic acids is 3. The molecule has 35 heavy (non-hydrogen) atoms. The van der Waals surface area contributed by atoms with Gasteiger partial charge in [0.1, 0.15) is 12.7 Å². The summed E-state index contributed by atoms with van der Waals surface area (Å²) in [5.74, 6) is -11.7. The Morgan fingerprint density at radius 1 is 1.00 bits per heavy atom. The summed E-state index contributed by atoms with van der Waals surface area (Å²) in [6.07, 6.45) is -3.97. The topological polar surface area (TPSA) is 88.1 Å². The van der Waals surface area contributed by atoms with Crippen LogP contribution in [0.15, 0.2) is 12.2 Å². The maximum absolute atomic E-state index is 15.0. The summed E-state index contributed by atoms with van der Waals surface area (Å²) in [6, 6.07) is 0. The van der Waals surface area contributed by atoms with Crippen LogP contribution in [0.2, 0.25) is 0 Å². The number of halogens is 5. The number of allylic oxidation sites excluding steroid dienone is 2. The molecule has 1 aliphatic heterocycles. The van der Waals surface area contributed by atoms with Crippen molar-refractivity contribution in [1.29, 1.82) is 0 Å². The van der Waals surface area contributed by atoms with Crippen LogP contribution in [0.5, 0.6) is 0 Å². The Kier molecular flexibility index (Phi) is 5.50. The van der Waals surface area contributed by atoms with Crippen molar-refractivity contribution in [3.05, 3.63) is 12.2 Å². The summed E-state index contributed by atoms with van der Waals surface area (Å²) in [4.78, 5) is 35.6. The SMILES string of the molecule is CC(=O)OC1C(COC(=O)C2CC3CC2C2C4C=CC(C4)C32)OC(OC(C)=O)(C(F)(F)F)C1(F)F. The van der Waals surface area contributed by atoms with E-state index in [0.29, 0.717) is 42.9 Å². The zero-order valence-electron chi connectivity index (χ0n) is 18.9. The van der Waals surface area contributed by atoms with Gasteiger partial charge in [-0.2, -0.15) is 22.0 Å². The summed E-state index contributed by atoms with van der Waals surface area (Å²) >= 11 is 0. The maximum Gasteiger partial charge on any atom is 0.462 e. The molecule has 0 aromatic rings. The number of esters is 3. The largest absolute Gasteiger partial charge is 0.463 e. The Bertz CT molecular complexity index is 964. The third-order valence-electron chi connectivity index (χ3n) is 8.37. The van der Waals surface area contributed by atoms with Gasteiger partial charge in [-0.1, -0.05) is 12.2 Å². The van der Waals surface area contributed by atoms with Crippen LogP contribution < -0.4 is 0 Å². The minimum absolute atomic E-state index is 0.0722. The molecule has 10 atom stereocenters. The average Bonchev–Trinajstić information content (AvgIpc) is 3.53. The Morgan fingerprint density at radius 2 is 1.66 bits per heavy atom. The van der Waals surface area contributed by atoms with E-state index in [1.807, 2.05) is 0 Å². The second-order valence-electron chi connectivity index (χ2n) is 10.3. The Balaban J connectivity index is 1.32. The molecule has 194 valence electrons. The molecule has 5 aliphatic rings. The lowest BCUT2D eigenvalue weighted by Crippen LogP contribution is -2.62. The molecule has 7 nitrogen and oxygen atoms in total. The third-order valence-corrected chi connectivity index (χ3v) is 8.37. The molecule has 0 radical (unpaired) electrons. The van der Waals surface area contributed by atoms with Crippen LogP contribution in [0, 0.1) is 41.4 Å². The maximum atomic E-state index is 15.0. The van der Waals surface area contributed by atoms with Crippen molar-refractivity contribution in [1.82, 2.24) is 0 Å². The van der Waals surface area contributed by atoms with E-state index >= 15 is 8.78 Å². The van der Waals surface area contributed by atoms with E-state index in [1.165, 1.54) is 0 Å². The Morgan fingerprint density at radius 3 is 2.26 bits per heavy atom. The van der Waals surface area contributed by atoms with Crippen LogP contribution in [-0.2, 0) is 33.3 Å². The summed E-state index contributed by atoms with van der Waals surface area (Å²) in [5.41, 5.74) is 0. The quantitative estimate of drug-likeness (QED) is 0.185. The van der Waals surface area contributed by atoms with Crippen molar-refractivity contribution in [2.75, 3.05) is 6.61 Å². The van der Waals surface area contributed by atoms with Gasteiger partial charge in [-0.25, -0.2) is 0 Å². The molecule has 5 rings (SSSR count). The summed E-state index contributed by atoms with van der Waals surface area (Å²) in [7, 11) is 0. The second kappa shape index (κ2) is 7.88. The van der Waals surface area contributed by atoms with Gasteiger partial charge < -0.3 is 18.9 Å². The summed E-state index contributed by atoms with van der Waals surface area (Å²) < 4.78 is 89.5. The Labute approximate surface area is 197 Å². The van der Waals surface area contributed by atoms with Crippen LogP contribution in [0.1, 0.15) is 33.1 Å². The van der Waals surface area contributed by atoms with Crippen molar-refractivity contribution in [3.8, 4) is 0 Å². The number of rotatable bonds is 5. The van der Waals surface area contributed by atoms with Crippen LogP contribution in [-0.4, -0.2) is 54.6 Å². The average molecular weight is 508 g/mol. The van der Waals surface area contributed by atoms with E-state index in [1.54, 1.807) is 0 Å². The molecule has 1 saturated heterocycles. The monoisotopic (exact) mass is 508 g/mol. The molecule has 0 aromatic carbocycles. The van der Waals surface area contributed by atoms with Gasteiger partial charge in [0.05, 0.1) is 5.92 Å². The standard InChI is InChI=1S/C23H25F5O7/c1-9(29)33-19-16(35-22(21(19,24)25,23(26,27)28)34-10(2)30)8-32-20(31)15-7-13-6-14(15)18-12-4-3-11(5-12)17(13)18/h3-4,11-19H,5-8H2,1-2H3. The molecular formula is C23H25F5O7. The van der Waals surface area contributed by atoms with Crippen molar-refractivity contribution in [2.24, 2.45) is 41.4 Å². The van der Waals surface area contributed by atoms with Gasteiger partial charge in [0.15, 0.2) is 0 Å². The van der Waals surface area contributed by atoms with Crippen molar-refractivity contribution >= 4 is 17.9 Å². The zero-order chi connectivity index (χ0) is 25.5. The highest BCUT2D eigenvalue weighted by molar-refractivity contribution is 5.74. The van der Waals surface area contributed by atoms with E-state index in [9.17, 15) is 27.6 Å². The fraction of sp³-hybridized carbons (Fsp3) is 0.783. The van der Waals surface area contributed by atoms with E-state index in [2.05, 4.69) is 26.4 Å². The molecule has 1 heterocycles. The number of hydrogen-bond donors (Lipinski definition) is 0. The predicted octanol–water partition coefficient (Wildman–Crippen LogP) is 3.41. The highest BCUT2D eigenvalue weighted by atomic mass is 19.4. The van der Waals surface area contributed by atoms with Gasteiger partial charge >= 0.3 is 35.8 Å². The van der Waals surface area contributed by atoms with Crippen LogP contribution in [0.3, 0.4) is 0 Å². The first-order valence-corrected chi connectivity index (χ1v) is 11.6. The van der Waals surface area contributed by atoms with E-state index < -0.39 is 60.5 Å². The van der Waals surface area contributed by atoms with Gasteiger partial charge in [-0.3, -0.25) is 14.4 Å². The molecule has 4 bridgehead atoms. The van der Waals surface area contributed by atoms with E-state index in [-0.39, 0.29) is 5.92 Å². The fourth-order valence-corrected chi connectivity index (χ4v) is 7.39. The molecular weight excluding hydrogens is 483 g/mol. The number of ether oxygens (including phenoxy) is 4. The van der Waals surface area contributed by atoms with E-state index in [0.717, 1.165) is 19.8 Å². The zero-order valence-corrected chi connectivity index (χ0v) is 18.9. The third kappa shape index (κ3) is 3.49. The Hall–Kier alpha value is -2.24. The smallest absolute Gasteiger partial charge is 0.462 e. The number of fused-ring (bicyclic) bond motifs is 9. The number of alkyl halides is 5. The molecule has 0 spiro atoms. The summed E-state index contributed by atoms with van der Waals surface area (Å²) in [6.45, 7) is 0.210. The fourth-order valence-electron chi connectivity index (χ4n) is 7.39. The minimum Gasteiger partial charge on any atom is -0.463 e. The van der Waals surface area contributed by atoms with Crippen molar-refractivity contribution in [3.63, 3.8) is 0 Å². The highest BCUT2D eigenvalue weighted by Gasteiger charge is 2.84. The van der Waals surface area contributed by atoms with Crippen molar-refractivity contribution in [2.45, 2.75) is 63.2 Å². The first-order chi connectivity index (χ1) is 16.3. The lowest BCUT2D eigenvalue weighted by molar-refractivity contribution is -0.409. The minimum atomic E-state index is -5.88. The second-order valence-corrected chi connectivity index (χ2v) is 10.3. The molecule has 0 N–H and O–H groups in total. The summed E-state index contributed by atoms with van der Waals surface area (Å²) in [5, 5.41) is 0. The number of hydrogen-bond acceptors (Lipinski definition) is 7. The lowest BCUT2D eigenvalue weighted by atomic mass is 9.69. The molecule has 0 amide bonds. The first-order valence-electron chi connectivity index (χ1n) is 11.6. The van der Waals surface area contributed by atoms with Gasteiger partial charge in [0.25, 0.3) is 0 Å². The predicted molar refractivity (Wildman–Crippen MR) is 104 cm³/mol. The normalized spacial score (nSPS) is 44.4. The number of carbonyl (C=O) groups is 3. The van der Waals surface area contributed by atoms with E-state index in [4.69, 9.17) is 4.74 Å². The van der Waals surface area contributed by atoms with Gasteiger partial charge in [0.2, 0.25) is 6.10 Å². The van der Waals surface area contributed by atoms with Gasteiger partial charge in [-0.15, -0.1) is 0 Å². The highest BCUT2D eigenvalue weighted by Crippen LogP contribution is 2.67. The first kappa shape index (κ1) is 24.5. The molecule has 4 aliphatic carbocycles. The molecule has 10 unspecified atom stereocenters. The molecule has 0 aromatic heterocycles.